The van der Waals surface area contributed by atoms with Gasteiger partial charge >= 0.3 is 5.97 Å². The van der Waals surface area contributed by atoms with Crippen molar-refractivity contribution < 1.29 is 27.5 Å². The molecule has 1 aromatic carbocycles. The molecule has 1 aliphatic heterocycles. The molecule has 1 saturated carbocycles. The van der Waals surface area contributed by atoms with E-state index in [1.54, 1.807) is 0 Å². The summed E-state index contributed by atoms with van der Waals surface area (Å²) in [5, 5.41) is 2.94. The number of sulfonamides is 1. The van der Waals surface area contributed by atoms with E-state index < -0.39 is 22.1 Å². The van der Waals surface area contributed by atoms with E-state index in [4.69, 9.17) is 9.47 Å². The number of amides is 1. The van der Waals surface area contributed by atoms with Gasteiger partial charge in [-0.1, -0.05) is 32.1 Å². The number of esters is 1. The second-order valence-corrected chi connectivity index (χ2v) is 10.5. The third-order valence-corrected chi connectivity index (χ3v) is 8.09. The van der Waals surface area contributed by atoms with Gasteiger partial charge in [-0.2, -0.15) is 4.31 Å². The molecule has 178 valence electrons. The van der Waals surface area contributed by atoms with Crippen molar-refractivity contribution in [3.05, 3.63) is 23.8 Å². The third-order valence-electron chi connectivity index (χ3n) is 6.20. The highest BCUT2D eigenvalue weighted by molar-refractivity contribution is 7.89. The molecule has 2 fully saturated rings. The van der Waals surface area contributed by atoms with Gasteiger partial charge in [-0.3, -0.25) is 4.79 Å². The van der Waals surface area contributed by atoms with Crippen molar-refractivity contribution in [2.45, 2.75) is 81.8 Å². The van der Waals surface area contributed by atoms with Crippen LogP contribution in [-0.4, -0.2) is 56.9 Å². The first-order valence-electron chi connectivity index (χ1n) is 11.5. The number of benzene rings is 1. The average molecular weight is 467 g/mol. The van der Waals surface area contributed by atoms with Crippen molar-refractivity contribution in [3.63, 3.8) is 0 Å². The fraction of sp³-hybridized carbons (Fsp3) is 0.652. The summed E-state index contributed by atoms with van der Waals surface area (Å²) >= 11 is 0. The molecular formula is C23H34N2O6S. The van der Waals surface area contributed by atoms with Gasteiger partial charge in [-0.15, -0.1) is 0 Å². The first-order chi connectivity index (χ1) is 15.3. The van der Waals surface area contributed by atoms with Crippen molar-refractivity contribution in [3.8, 4) is 5.75 Å². The number of carbonyl (C=O) groups is 2. The van der Waals surface area contributed by atoms with Crippen LogP contribution in [0, 0.1) is 0 Å². The van der Waals surface area contributed by atoms with Gasteiger partial charge in [0.1, 0.15) is 11.3 Å². The molecule has 3 rings (SSSR count). The Morgan fingerprint density at radius 2 is 1.66 bits per heavy atom. The lowest BCUT2D eigenvalue weighted by Gasteiger charge is -2.24. The summed E-state index contributed by atoms with van der Waals surface area (Å²) < 4.78 is 38.4. The fourth-order valence-corrected chi connectivity index (χ4v) is 5.83. The monoisotopic (exact) mass is 466 g/mol. The van der Waals surface area contributed by atoms with Gasteiger partial charge in [0, 0.05) is 19.1 Å². The molecule has 0 spiro atoms. The predicted octanol–water partition coefficient (Wildman–Crippen LogP) is 3.25. The Labute approximate surface area is 190 Å². The van der Waals surface area contributed by atoms with Crippen molar-refractivity contribution in [1.29, 1.82) is 0 Å². The molecule has 32 heavy (non-hydrogen) atoms. The number of nitrogens with zero attached hydrogens (tertiary/aromatic N) is 1. The Hall–Kier alpha value is -2.13. The normalized spacial score (nSPS) is 19.6. The quantitative estimate of drug-likeness (QED) is 0.619. The molecule has 9 heteroatoms. The van der Waals surface area contributed by atoms with Gasteiger partial charge in [0.05, 0.1) is 12.0 Å². The Kier molecular flexibility index (Phi) is 8.53. The summed E-state index contributed by atoms with van der Waals surface area (Å²) in [5.74, 6) is -0.941. The molecule has 1 N–H and O–H groups in total. The molecule has 1 heterocycles. The van der Waals surface area contributed by atoms with Gasteiger partial charge < -0.3 is 14.8 Å². The molecular weight excluding hydrogens is 432 g/mol. The fourth-order valence-electron chi connectivity index (χ4n) is 4.28. The molecule has 2 aliphatic rings. The molecule has 1 atom stereocenters. The van der Waals surface area contributed by atoms with Gasteiger partial charge in [-0.05, 0) is 50.8 Å². The number of ether oxygens (including phenoxy) is 2. The maximum atomic E-state index is 13.1. The molecule has 0 aromatic heterocycles. The standard InChI is InChI=1S/C23H34N2O6S/c1-17(22(26)24-18-10-6-5-7-11-18)31-23(27)20-16-19(12-13-21(20)30-2)32(28,29)25-14-8-3-4-9-15-25/h12-13,16-18H,3-11,14-15H2,1-2H3,(H,24,26)/t17-/m0/s1. The lowest BCUT2D eigenvalue weighted by Crippen LogP contribution is -2.42. The van der Waals surface area contributed by atoms with Crippen LogP contribution in [0.2, 0.25) is 0 Å². The molecule has 1 saturated heterocycles. The number of hydrogen-bond donors (Lipinski definition) is 1. The minimum atomic E-state index is -3.74. The Bertz CT molecular complexity index is 903. The molecule has 0 radical (unpaired) electrons. The van der Waals surface area contributed by atoms with E-state index in [0.717, 1.165) is 51.4 Å². The van der Waals surface area contributed by atoms with E-state index in [9.17, 15) is 18.0 Å². The first-order valence-corrected chi connectivity index (χ1v) is 13.0. The second-order valence-electron chi connectivity index (χ2n) is 8.57. The number of carbonyl (C=O) groups excluding carboxylic acids is 2. The minimum Gasteiger partial charge on any atom is -0.496 e. The lowest BCUT2D eigenvalue weighted by molar-refractivity contribution is -0.130. The smallest absolute Gasteiger partial charge is 0.342 e. The van der Waals surface area contributed by atoms with E-state index in [1.165, 1.54) is 43.0 Å². The van der Waals surface area contributed by atoms with Crippen LogP contribution < -0.4 is 10.1 Å². The Morgan fingerprint density at radius 1 is 1.03 bits per heavy atom. The van der Waals surface area contributed by atoms with Crippen molar-refractivity contribution >= 4 is 21.9 Å². The molecule has 1 aliphatic carbocycles. The molecule has 0 bridgehead atoms. The van der Waals surface area contributed by atoms with Crippen molar-refractivity contribution in [2.75, 3.05) is 20.2 Å². The van der Waals surface area contributed by atoms with Crippen LogP contribution in [0.1, 0.15) is 75.1 Å². The van der Waals surface area contributed by atoms with Crippen LogP contribution in [0.5, 0.6) is 5.75 Å². The van der Waals surface area contributed by atoms with E-state index in [-0.39, 0.29) is 28.2 Å². The SMILES string of the molecule is COc1ccc(S(=O)(=O)N2CCCCCC2)cc1C(=O)O[C@@H](C)C(=O)NC1CCCCC1. The zero-order valence-corrected chi connectivity index (χ0v) is 19.8. The highest BCUT2D eigenvalue weighted by atomic mass is 32.2. The Morgan fingerprint density at radius 3 is 2.28 bits per heavy atom. The zero-order valence-electron chi connectivity index (χ0n) is 19.0. The van der Waals surface area contributed by atoms with E-state index >= 15 is 0 Å². The molecule has 8 nitrogen and oxygen atoms in total. The lowest BCUT2D eigenvalue weighted by atomic mass is 9.95. The van der Waals surface area contributed by atoms with Crippen LogP contribution in [-0.2, 0) is 19.6 Å². The van der Waals surface area contributed by atoms with Crippen LogP contribution in [0.15, 0.2) is 23.1 Å². The van der Waals surface area contributed by atoms with Gasteiger partial charge in [-0.25, -0.2) is 13.2 Å². The maximum absolute atomic E-state index is 13.1. The number of hydrogen-bond acceptors (Lipinski definition) is 6. The molecule has 0 unspecified atom stereocenters. The topological polar surface area (TPSA) is 102 Å². The van der Waals surface area contributed by atoms with Gasteiger partial charge in [0.25, 0.3) is 5.91 Å². The number of nitrogens with one attached hydrogen (secondary N) is 1. The highest BCUT2D eigenvalue weighted by Crippen LogP contribution is 2.27. The summed E-state index contributed by atoms with van der Waals surface area (Å²) in [6.45, 7) is 2.44. The first kappa shape index (κ1) is 24.5. The van der Waals surface area contributed by atoms with Crippen LogP contribution in [0.4, 0.5) is 0 Å². The van der Waals surface area contributed by atoms with Gasteiger partial charge in [0.2, 0.25) is 10.0 Å². The highest BCUT2D eigenvalue weighted by Gasteiger charge is 2.29. The summed E-state index contributed by atoms with van der Waals surface area (Å²) in [5.41, 5.74) is -0.0132. The van der Waals surface area contributed by atoms with E-state index in [1.807, 2.05) is 0 Å². The van der Waals surface area contributed by atoms with Gasteiger partial charge in [0.15, 0.2) is 6.10 Å². The van der Waals surface area contributed by atoms with E-state index in [2.05, 4.69) is 5.32 Å². The van der Waals surface area contributed by atoms with E-state index in [0.29, 0.717) is 13.1 Å². The maximum Gasteiger partial charge on any atom is 0.342 e. The summed E-state index contributed by atoms with van der Waals surface area (Å²) in [7, 11) is -2.34. The predicted molar refractivity (Wildman–Crippen MR) is 120 cm³/mol. The average Bonchev–Trinajstić information content (AvgIpc) is 3.09. The van der Waals surface area contributed by atoms with Crippen LogP contribution in [0.3, 0.4) is 0 Å². The van der Waals surface area contributed by atoms with Crippen LogP contribution in [0.25, 0.3) is 0 Å². The summed E-state index contributed by atoms with van der Waals surface area (Å²) in [6, 6.07) is 4.28. The molecule has 1 aromatic rings. The minimum absolute atomic E-state index is 0.0132. The second kappa shape index (κ2) is 11.1. The van der Waals surface area contributed by atoms with Crippen molar-refractivity contribution in [1.82, 2.24) is 9.62 Å². The summed E-state index contributed by atoms with van der Waals surface area (Å²) in [6.07, 6.45) is 7.83. The third kappa shape index (κ3) is 6.01. The largest absolute Gasteiger partial charge is 0.496 e. The Balaban J connectivity index is 1.74. The summed E-state index contributed by atoms with van der Waals surface area (Å²) in [4.78, 5) is 25.3. The molecule has 1 amide bonds. The zero-order chi connectivity index (χ0) is 23.1. The number of rotatable bonds is 7. The number of methoxy groups -OCH3 is 1. The van der Waals surface area contributed by atoms with Crippen LogP contribution >= 0.6 is 0 Å². The van der Waals surface area contributed by atoms with Crippen molar-refractivity contribution in [2.24, 2.45) is 0 Å².